The lowest BCUT2D eigenvalue weighted by Crippen LogP contribution is -2.09. The number of para-hydroxylation sites is 1. The van der Waals surface area contributed by atoms with Gasteiger partial charge in [-0.05, 0) is 293 Å². The lowest BCUT2D eigenvalue weighted by molar-refractivity contribution is 0.0688. The lowest BCUT2D eigenvalue weighted by atomic mass is 10.0. The number of carboxylic acids is 1. The molecule has 12 rings (SSSR count). The van der Waals surface area contributed by atoms with E-state index < -0.39 is 34.4 Å². The number of carbonyl (C=O) groups is 9. The number of aromatic nitrogens is 3. The number of fused-ring (bicyclic) bond motifs is 2. The van der Waals surface area contributed by atoms with Gasteiger partial charge in [-0.15, -0.1) is 0 Å². The monoisotopic (exact) mass is 1920 g/mol. The zero-order valence-electron chi connectivity index (χ0n) is 67.9. The molecule has 0 aliphatic carbocycles. The molecule has 29 heteroatoms. The van der Waals surface area contributed by atoms with E-state index >= 15 is 0 Å². The zero-order chi connectivity index (χ0) is 90.8. The number of benzene rings is 9. The molecule has 0 radical (unpaired) electrons. The van der Waals surface area contributed by atoms with Gasteiger partial charge >= 0.3 is 5.97 Å². The van der Waals surface area contributed by atoms with Crippen molar-refractivity contribution in [3.8, 4) is 46.0 Å². The number of hydrogen-bond donors (Lipinski definition) is 9. The Morgan fingerprint density at radius 1 is 0.417 bits per heavy atom. The molecule has 0 bridgehead atoms. The number of phenols is 7. The molecule has 9 N–H and O–H groups in total. The van der Waals surface area contributed by atoms with E-state index in [1.807, 2.05) is 87.5 Å². The smallest absolute Gasteiger partial charge is 0.354 e. The molecular weight excluding hydrogens is 1830 g/mol. The quantitative estimate of drug-likeness (QED) is 0.0294. The van der Waals surface area contributed by atoms with E-state index in [9.17, 15) is 82.6 Å². The first-order valence-electron chi connectivity index (χ1n) is 36.0. The van der Waals surface area contributed by atoms with E-state index in [0.717, 1.165) is 87.9 Å². The van der Waals surface area contributed by atoms with E-state index in [-0.39, 0.29) is 86.1 Å². The van der Waals surface area contributed by atoms with Gasteiger partial charge in [0.1, 0.15) is 62.1 Å². The molecule has 0 atom stereocenters. The van der Waals surface area contributed by atoms with Crippen LogP contribution in [0.3, 0.4) is 0 Å². The molecule has 3 aromatic heterocycles. The topological polar surface area (TPSA) is 375 Å². The zero-order valence-corrected chi connectivity index (χ0v) is 75.0. The Balaban J connectivity index is 0.000000450. The summed E-state index contributed by atoms with van der Waals surface area (Å²) in [7, 11) is 1.50. The summed E-state index contributed by atoms with van der Waals surface area (Å²) in [4.78, 5) is 109. The molecule has 120 heavy (non-hydrogen) atoms. The van der Waals surface area contributed by atoms with Crippen molar-refractivity contribution in [3.05, 3.63) is 309 Å². The van der Waals surface area contributed by atoms with Gasteiger partial charge in [0.2, 0.25) is 0 Å². The van der Waals surface area contributed by atoms with Crippen LogP contribution in [0.5, 0.6) is 46.0 Å². The number of halogens is 7. The average molecular weight is 1920 g/mol. The minimum Gasteiger partial charge on any atom is -0.507 e. The first-order valence-corrected chi connectivity index (χ1v) is 39.6. The molecule has 0 amide bonds. The van der Waals surface area contributed by atoms with Crippen LogP contribution in [0.15, 0.2) is 225 Å². The SMILES string of the molecule is Brc1ccc(Br)nc1.CC(=O)c1c(O)ccc2ccccc12.CC(=O)c1cc(C)c(C)cc1O.CC(=O)c1cc(C)cc(C)c1O.CC(=O)c1cc(F)cc(F)c1O.CC(=O)c1ccc2ccccc2c1O.CCC(=O)c1ccccc1O.CCNCC.COc1ccc(C(C)=O)c(O)c1.O=C(Cl)c1ccc(Br)cn1.O=C(O)c1ccc(Br)cn1. The van der Waals surface area contributed by atoms with Gasteiger partial charge in [0.25, 0.3) is 5.24 Å². The third-order valence-corrected chi connectivity index (χ3v) is 18.0. The Kier molecular flexibility index (Phi) is 46.6. The molecule has 0 aliphatic heterocycles. The molecule has 9 aromatic carbocycles. The van der Waals surface area contributed by atoms with Crippen LogP contribution >= 0.6 is 75.3 Å². The number of methoxy groups -OCH3 is 1. The molecule has 632 valence electrons. The molecule has 0 fully saturated rings. The summed E-state index contributed by atoms with van der Waals surface area (Å²) < 4.78 is 33.3. The highest BCUT2D eigenvalue weighted by Gasteiger charge is 2.16. The third-order valence-electron chi connectivity index (χ3n) is 15.9. The van der Waals surface area contributed by atoms with E-state index in [1.165, 1.54) is 78.4 Å². The van der Waals surface area contributed by atoms with Gasteiger partial charge in [0.05, 0.1) is 46.1 Å². The van der Waals surface area contributed by atoms with Crippen molar-refractivity contribution in [2.45, 2.75) is 96.4 Å². The molecular formula is C91H91Br4ClF2N4O18. The predicted molar refractivity (Wildman–Crippen MR) is 477 cm³/mol. The number of pyridine rings is 3. The van der Waals surface area contributed by atoms with Gasteiger partial charge in [-0.2, -0.15) is 0 Å². The normalized spacial score (nSPS) is 9.74. The third kappa shape index (κ3) is 36.2. The van der Waals surface area contributed by atoms with Crippen molar-refractivity contribution < 1.29 is 97.5 Å². The minimum atomic E-state index is -1.12. The first-order chi connectivity index (χ1) is 56.5. The second kappa shape index (κ2) is 53.6. The maximum Gasteiger partial charge on any atom is 0.354 e. The van der Waals surface area contributed by atoms with Crippen LogP contribution in [-0.2, 0) is 0 Å². The van der Waals surface area contributed by atoms with Crippen molar-refractivity contribution in [1.82, 2.24) is 20.3 Å². The molecule has 12 aromatic rings. The number of aromatic carboxylic acids is 1. The number of aromatic hydroxyl groups is 7. The van der Waals surface area contributed by atoms with E-state index in [4.69, 9.17) is 26.6 Å². The summed E-state index contributed by atoms with van der Waals surface area (Å²) >= 11 is 17.9. The predicted octanol–water partition coefficient (Wildman–Crippen LogP) is 22.4. The van der Waals surface area contributed by atoms with Crippen molar-refractivity contribution >= 4 is 149 Å². The average Bonchev–Trinajstić information content (AvgIpc) is 0.553. The number of rotatable bonds is 13. The van der Waals surface area contributed by atoms with Gasteiger partial charge in [0.15, 0.2) is 52.0 Å². The molecule has 0 saturated heterocycles. The number of Topliss-reactive ketones (excluding diaryl/α,β-unsaturated/α-hetero) is 7. The van der Waals surface area contributed by atoms with Crippen molar-refractivity contribution in [2.24, 2.45) is 0 Å². The summed E-state index contributed by atoms with van der Waals surface area (Å²) in [5, 5.41) is 80.0. The van der Waals surface area contributed by atoms with Crippen LogP contribution in [0.4, 0.5) is 8.78 Å². The molecule has 0 spiro atoms. The standard InChI is InChI=1S/2C12H10O2.2C10H12O2.C9H10O3.C9H10O2.C8H6F2O2.C6H3BrClNO.C6H4BrNO2.C5H3Br2N.C4H11N/c1-8(13)10-7-6-9-4-2-3-5-11(9)12(10)14;1-8(13)12-10-5-3-2-4-9(10)6-7-11(12)14;1-6-4-9(8(3)11)10(12)5-7(6)2;1-6-4-7(2)10(12)9(5-6)8(3)11;1-6(10)8-4-3-7(12-2)5-9(8)11;1-2-8(10)7-5-3-4-6-9(7)11;1-4(11)6-2-5(9)3-7(10)8(6)12;7-4-1-2-5(6(8)10)9-3-4;7-4-1-2-5(6(9)10)8-3-4;6-4-1-2-5(7)8-3-4;1-3-5-4-2/h2*2-7,14H,1H3;2*4-5,12H,1-3H3;3-5,11H,1-2H3;3-6,11H,2H2,1H3;2-3,12H,1H3;1-3H;1-3H,(H,9,10);1-3H;5H,3-4H2,1-2H3. The number of nitrogens with zero attached hydrogens (tertiary/aromatic N) is 3. The Bertz CT molecular complexity index is 5360. The Morgan fingerprint density at radius 2 is 0.883 bits per heavy atom. The highest BCUT2D eigenvalue weighted by molar-refractivity contribution is 9.11. The van der Waals surface area contributed by atoms with Gasteiger partial charge in [0, 0.05) is 55.9 Å². The number of phenolic OH excluding ortho intramolecular Hbond substituents is 7. The molecule has 0 saturated carbocycles. The van der Waals surface area contributed by atoms with E-state index in [2.05, 4.69) is 97.8 Å². The first kappa shape index (κ1) is 104. The summed E-state index contributed by atoms with van der Waals surface area (Å²) in [6.45, 7) is 24.0. The van der Waals surface area contributed by atoms with Crippen LogP contribution in [0.1, 0.15) is 184 Å². The van der Waals surface area contributed by atoms with E-state index in [0.29, 0.717) is 51.6 Å². The minimum absolute atomic E-state index is 0.0249. The second-order valence-electron chi connectivity index (χ2n) is 25.2. The number of ether oxygens (including phenoxy) is 1. The Morgan fingerprint density at radius 3 is 1.33 bits per heavy atom. The maximum atomic E-state index is 12.6. The number of carboxylic acid groups (broad SMARTS) is 1. The number of nitrogens with one attached hydrogen (secondary N) is 1. The van der Waals surface area contributed by atoms with Crippen LogP contribution in [0.25, 0.3) is 21.5 Å². The van der Waals surface area contributed by atoms with Gasteiger partial charge in [-0.1, -0.05) is 99.6 Å². The Hall–Kier alpha value is -11.8. The van der Waals surface area contributed by atoms with Crippen molar-refractivity contribution in [1.29, 1.82) is 0 Å². The van der Waals surface area contributed by atoms with Crippen molar-refractivity contribution in [3.63, 3.8) is 0 Å². The highest BCUT2D eigenvalue weighted by atomic mass is 79.9. The summed E-state index contributed by atoms with van der Waals surface area (Å²) in [6, 6.07) is 51.3. The maximum absolute atomic E-state index is 12.6. The summed E-state index contributed by atoms with van der Waals surface area (Å²) in [6.07, 6.45) is 5.14. The molecule has 3 heterocycles. The summed E-state index contributed by atoms with van der Waals surface area (Å²) in [5.41, 5.74) is 6.08. The second-order valence-corrected chi connectivity index (χ2v) is 29.1. The summed E-state index contributed by atoms with van der Waals surface area (Å²) in [5.74, 6) is -4.12. The number of hydrogen-bond acceptors (Lipinski definition) is 21. The van der Waals surface area contributed by atoms with Crippen LogP contribution in [-0.4, -0.2) is 128 Å². The van der Waals surface area contributed by atoms with Gasteiger partial charge in [-0.25, -0.2) is 23.5 Å². The number of carbonyl (C=O) groups excluding carboxylic acids is 8. The fourth-order valence-corrected chi connectivity index (χ4v) is 10.8. The highest BCUT2D eigenvalue weighted by Crippen LogP contribution is 2.31. The van der Waals surface area contributed by atoms with E-state index in [1.54, 1.807) is 105 Å². The fourth-order valence-electron chi connectivity index (χ4n) is 9.75. The Labute approximate surface area is 732 Å². The van der Waals surface area contributed by atoms with Crippen LogP contribution in [0, 0.1) is 39.3 Å². The molecule has 0 unspecified atom stereocenters. The van der Waals surface area contributed by atoms with Crippen LogP contribution in [0.2, 0.25) is 0 Å². The van der Waals surface area contributed by atoms with Crippen molar-refractivity contribution in [2.75, 3.05) is 20.2 Å². The van der Waals surface area contributed by atoms with Gasteiger partial charge < -0.3 is 50.9 Å². The van der Waals surface area contributed by atoms with Gasteiger partial charge in [-0.3, -0.25) is 43.3 Å². The van der Waals surface area contributed by atoms with Crippen LogP contribution < -0.4 is 10.1 Å². The lowest BCUT2D eigenvalue weighted by Gasteiger charge is -2.05. The molecule has 22 nitrogen and oxygen atoms in total. The number of aryl methyl sites for hydroxylation is 4. The molecule has 0 aliphatic rings. The fraction of sp³-hybridized carbons (Fsp3) is 0.187. The number of ketones is 7. The largest absolute Gasteiger partial charge is 0.507 e.